The lowest BCUT2D eigenvalue weighted by atomic mass is 10.1. The molecule has 2 rings (SSSR count). The Morgan fingerprint density at radius 1 is 1.22 bits per heavy atom. The van der Waals surface area contributed by atoms with E-state index in [9.17, 15) is 18.0 Å². The average Bonchev–Trinajstić information content (AvgIpc) is 2.43. The van der Waals surface area contributed by atoms with Crippen molar-refractivity contribution in [2.24, 2.45) is 0 Å². The Morgan fingerprint density at radius 2 is 1.91 bits per heavy atom. The van der Waals surface area contributed by atoms with Gasteiger partial charge < -0.3 is 9.72 Å². The van der Waals surface area contributed by atoms with Crippen LogP contribution in [0, 0.1) is 0 Å². The number of ether oxygens (including phenoxy) is 1. The molecule has 0 aliphatic rings. The van der Waals surface area contributed by atoms with Gasteiger partial charge in [-0.2, -0.15) is 18.2 Å². The van der Waals surface area contributed by atoms with Crippen molar-refractivity contribution >= 4 is 35.4 Å². The van der Waals surface area contributed by atoms with Crippen LogP contribution in [0.25, 0.3) is 12.2 Å². The van der Waals surface area contributed by atoms with Gasteiger partial charge in [-0.3, -0.25) is 0 Å². The van der Waals surface area contributed by atoms with Gasteiger partial charge in [-0.15, -0.1) is 0 Å². The van der Waals surface area contributed by atoms with Crippen LogP contribution < -0.4 is 10.4 Å². The molecule has 23 heavy (non-hydrogen) atoms. The van der Waals surface area contributed by atoms with Crippen molar-refractivity contribution in [3.8, 4) is 5.75 Å². The van der Waals surface area contributed by atoms with Crippen molar-refractivity contribution in [1.82, 2.24) is 9.97 Å². The Labute approximate surface area is 138 Å². The zero-order valence-corrected chi connectivity index (χ0v) is 13.1. The van der Waals surface area contributed by atoms with Crippen molar-refractivity contribution in [2.75, 3.05) is 7.11 Å². The van der Waals surface area contributed by atoms with Gasteiger partial charge in [0, 0.05) is 10.6 Å². The molecular weight excluding hydrogens is 356 g/mol. The van der Waals surface area contributed by atoms with E-state index in [1.807, 2.05) is 0 Å². The number of alkyl halides is 3. The highest BCUT2D eigenvalue weighted by Crippen LogP contribution is 2.33. The Balaban J connectivity index is 2.46. The van der Waals surface area contributed by atoms with Gasteiger partial charge in [0.15, 0.2) is 0 Å². The van der Waals surface area contributed by atoms with Gasteiger partial charge >= 0.3 is 11.9 Å². The smallest absolute Gasteiger partial charge is 0.431 e. The zero-order valence-electron chi connectivity index (χ0n) is 11.5. The van der Waals surface area contributed by atoms with Crippen LogP contribution in [0.2, 0.25) is 10.0 Å². The molecule has 0 amide bonds. The highest BCUT2D eigenvalue weighted by molar-refractivity contribution is 6.36. The molecule has 0 saturated carbocycles. The van der Waals surface area contributed by atoms with Crippen LogP contribution in [0.1, 0.15) is 17.0 Å². The van der Waals surface area contributed by atoms with E-state index in [1.165, 1.54) is 31.4 Å². The summed E-state index contributed by atoms with van der Waals surface area (Å²) in [4.78, 5) is 16.3. The number of methoxy groups -OCH3 is 1. The Kier molecular flexibility index (Phi) is 5.01. The highest BCUT2D eigenvalue weighted by atomic mass is 35.5. The fraction of sp³-hybridized carbons (Fsp3) is 0.143. The maximum Gasteiger partial charge on any atom is 0.431 e. The predicted molar refractivity (Wildman–Crippen MR) is 81.8 cm³/mol. The first kappa shape index (κ1) is 17.4. The maximum atomic E-state index is 12.7. The van der Waals surface area contributed by atoms with Crippen LogP contribution in [0.3, 0.4) is 0 Å². The summed E-state index contributed by atoms with van der Waals surface area (Å²) in [7, 11) is 1.39. The van der Waals surface area contributed by atoms with Crippen molar-refractivity contribution in [1.29, 1.82) is 0 Å². The fourth-order valence-electron chi connectivity index (χ4n) is 1.81. The van der Waals surface area contributed by atoms with Gasteiger partial charge in [-0.05, 0) is 30.4 Å². The fourth-order valence-corrected chi connectivity index (χ4v) is 2.40. The third-order valence-corrected chi connectivity index (χ3v) is 3.24. The normalized spacial score (nSPS) is 11.9. The standard InChI is InChI=1S/C14H9Cl2F3N2O2/c1-23-12-7(4-8(15)5-10(12)16)2-3-9-6-11(14(17,18)19)21-13(22)20-9/h2-6H,1H3,(H,20,21,22)/b3-2+. The quantitative estimate of drug-likeness (QED) is 0.884. The van der Waals surface area contributed by atoms with E-state index in [0.717, 1.165) is 6.07 Å². The summed E-state index contributed by atoms with van der Waals surface area (Å²) in [5.41, 5.74) is -2.02. The maximum absolute atomic E-state index is 12.7. The molecule has 0 spiro atoms. The predicted octanol–water partition coefficient (Wildman–Crippen LogP) is 4.27. The number of halogens is 5. The van der Waals surface area contributed by atoms with Crippen LogP contribution in [0.4, 0.5) is 13.2 Å². The van der Waals surface area contributed by atoms with Crippen molar-refractivity contribution in [3.63, 3.8) is 0 Å². The molecule has 0 aliphatic carbocycles. The molecule has 0 saturated heterocycles. The van der Waals surface area contributed by atoms with Crippen LogP contribution in [0.15, 0.2) is 23.0 Å². The second kappa shape index (κ2) is 6.64. The second-order valence-corrected chi connectivity index (χ2v) is 5.21. The molecule has 2 aromatic rings. The summed E-state index contributed by atoms with van der Waals surface area (Å²) in [6.45, 7) is 0. The number of H-pyrrole nitrogens is 1. The van der Waals surface area contributed by atoms with Gasteiger partial charge in [-0.1, -0.05) is 23.2 Å². The number of nitrogens with one attached hydrogen (secondary N) is 1. The molecule has 122 valence electrons. The minimum absolute atomic E-state index is 0.167. The summed E-state index contributed by atoms with van der Waals surface area (Å²) in [6, 6.07) is 3.70. The van der Waals surface area contributed by atoms with Gasteiger partial charge in [0.2, 0.25) is 0 Å². The Hall–Kier alpha value is -1.99. The van der Waals surface area contributed by atoms with Gasteiger partial charge in [0.25, 0.3) is 0 Å². The number of rotatable bonds is 3. The molecule has 1 N–H and O–H groups in total. The molecule has 0 fully saturated rings. The molecule has 0 atom stereocenters. The molecule has 0 unspecified atom stereocenters. The molecule has 1 heterocycles. The first-order chi connectivity index (χ1) is 10.7. The monoisotopic (exact) mass is 364 g/mol. The number of hydrogen-bond donors (Lipinski definition) is 1. The topological polar surface area (TPSA) is 55.0 Å². The molecule has 0 bridgehead atoms. The van der Waals surface area contributed by atoms with Crippen LogP contribution in [0.5, 0.6) is 5.75 Å². The number of aromatic nitrogens is 2. The number of aromatic amines is 1. The molecule has 0 aliphatic heterocycles. The van der Waals surface area contributed by atoms with Crippen molar-refractivity contribution in [3.05, 3.63) is 55.7 Å². The molecule has 4 nitrogen and oxygen atoms in total. The van der Waals surface area contributed by atoms with Gasteiger partial charge in [-0.25, -0.2) is 4.79 Å². The van der Waals surface area contributed by atoms with Crippen LogP contribution in [-0.4, -0.2) is 17.1 Å². The third-order valence-electron chi connectivity index (χ3n) is 2.74. The first-order valence-corrected chi connectivity index (χ1v) is 6.86. The van der Waals surface area contributed by atoms with Crippen LogP contribution in [-0.2, 0) is 6.18 Å². The summed E-state index contributed by atoms with van der Waals surface area (Å²) in [5.74, 6) is 0.299. The summed E-state index contributed by atoms with van der Waals surface area (Å²) < 4.78 is 43.1. The summed E-state index contributed by atoms with van der Waals surface area (Å²) in [5, 5.41) is 0.569. The lowest BCUT2D eigenvalue weighted by molar-refractivity contribution is -0.141. The SMILES string of the molecule is COc1c(Cl)cc(Cl)cc1/C=C/c1cc(C(F)(F)F)[nH]c(=O)n1. The molecule has 9 heteroatoms. The summed E-state index contributed by atoms with van der Waals surface area (Å²) >= 11 is 11.8. The van der Waals surface area contributed by atoms with E-state index in [2.05, 4.69) is 4.98 Å². The number of nitrogens with zero attached hydrogens (tertiary/aromatic N) is 1. The minimum atomic E-state index is -4.68. The van der Waals surface area contributed by atoms with E-state index in [1.54, 1.807) is 4.98 Å². The third kappa shape index (κ3) is 4.27. The zero-order chi connectivity index (χ0) is 17.2. The lowest BCUT2D eigenvalue weighted by Crippen LogP contribution is -2.19. The molecule has 0 radical (unpaired) electrons. The van der Waals surface area contributed by atoms with Gasteiger partial charge in [0.1, 0.15) is 11.4 Å². The van der Waals surface area contributed by atoms with E-state index in [4.69, 9.17) is 27.9 Å². The average molecular weight is 365 g/mol. The Bertz CT molecular complexity index is 817. The lowest BCUT2D eigenvalue weighted by Gasteiger charge is -2.08. The summed E-state index contributed by atoms with van der Waals surface area (Å²) in [6.07, 6.45) is -2.05. The van der Waals surface area contributed by atoms with E-state index in [0.29, 0.717) is 16.3 Å². The number of benzene rings is 1. The number of hydrogen-bond acceptors (Lipinski definition) is 3. The van der Waals surface area contributed by atoms with E-state index < -0.39 is 17.6 Å². The largest absolute Gasteiger partial charge is 0.495 e. The first-order valence-electron chi connectivity index (χ1n) is 6.10. The van der Waals surface area contributed by atoms with Crippen molar-refractivity contribution in [2.45, 2.75) is 6.18 Å². The van der Waals surface area contributed by atoms with E-state index in [-0.39, 0.29) is 10.7 Å². The molecule has 1 aromatic carbocycles. The highest BCUT2D eigenvalue weighted by Gasteiger charge is 2.32. The van der Waals surface area contributed by atoms with Crippen LogP contribution >= 0.6 is 23.2 Å². The molecular formula is C14H9Cl2F3N2O2. The van der Waals surface area contributed by atoms with Gasteiger partial charge in [0.05, 0.1) is 17.8 Å². The van der Waals surface area contributed by atoms with E-state index >= 15 is 0 Å². The molecule has 1 aromatic heterocycles. The minimum Gasteiger partial charge on any atom is -0.495 e. The van der Waals surface area contributed by atoms with Crippen molar-refractivity contribution < 1.29 is 17.9 Å². The Morgan fingerprint density at radius 3 is 2.52 bits per heavy atom. The second-order valence-electron chi connectivity index (χ2n) is 4.37.